The fourth-order valence-electron chi connectivity index (χ4n) is 4.59. The van der Waals surface area contributed by atoms with E-state index >= 15 is 0 Å². The fourth-order valence-corrected chi connectivity index (χ4v) is 4.59. The second-order valence-corrected chi connectivity index (χ2v) is 10.3. The van der Waals surface area contributed by atoms with Crippen LogP contribution in [0.5, 0.6) is 0 Å². The minimum atomic E-state index is -0.355. The van der Waals surface area contributed by atoms with Gasteiger partial charge in [0.1, 0.15) is 18.8 Å². The zero-order valence-electron chi connectivity index (χ0n) is 26.0. The molecule has 40 heavy (non-hydrogen) atoms. The van der Waals surface area contributed by atoms with Gasteiger partial charge in [0.2, 0.25) is 0 Å². The van der Waals surface area contributed by atoms with E-state index in [9.17, 15) is 9.59 Å². The molecule has 7 nitrogen and oxygen atoms in total. The summed E-state index contributed by atoms with van der Waals surface area (Å²) >= 11 is 0. The third-order valence-corrected chi connectivity index (χ3v) is 6.72. The highest BCUT2D eigenvalue weighted by molar-refractivity contribution is 6.45. The number of aliphatic hydroxyl groups is 1. The third kappa shape index (κ3) is 12.8. The maximum absolute atomic E-state index is 13.0. The monoisotopic (exact) mass is 555 g/mol. The molecule has 1 saturated carbocycles. The first-order chi connectivity index (χ1) is 19.2. The smallest absolute Gasteiger partial charge is 0.270 e. The largest absolute Gasteiger partial charge is 0.400 e. The molecule has 0 aliphatic heterocycles. The Morgan fingerprint density at radius 2 is 1.50 bits per heavy atom. The number of carbonyl (C=O) groups is 3. The molecule has 224 valence electrons. The molecule has 0 saturated heterocycles. The van der Waals surface area contributed by atoms with E-state index in [1.807, 2.05) is 51.0 Å². The Labute approximate surface area is 242 Å². The summed E-state index contributed by atoms with van der Waals surface area (Å²) in [6.07, 6.45) is 5.69. The Kier molecular flexibility index (Phi) is 21.1. The molecule has 0 unspecified atom stereocenters. The van der Waals surface area contributed by atoms with Crippen molar-refractivity contribution >= 4 is 24.7 Å². The van der Waals surface area contributed by atoms with Crippen LogP contribution in [0.25, 0.3) is 0 Å². The van der Waals surface area contributed by atoms with E-state index in [0.29, 0.717) is 30.0 Å². The molecule has 3 rings (SSSR count). The number of aliphatic imine (C=N–C) groups is 1. The van der Waals surface area contributed by atoms with Crippen LogP contribution in [-0.2, 0) is 19.9 Å². The van der Waals surface area contributed by atoms with Gasteiger partial charge in [-0.05, 0) is 63.5 Å². The number of hydrogen-bond donors (Lipinski definition) is 3. The van der Waals surface area contributed by atoms with Gasteiger partial charge in [0.05, 0.1) is 5.54 Å². The van der Waals surface area contributed by atoms with E-state index in [1.165, 1.54) is 18.2 Å². The maximum atomic E-state index is 13.0. The number of aryl methyl sites for hydroxylation is 1. The lowest BCUT2D eigenvalue weighted by Crippen LogP contribution is -2.38. The lowest BCUT2D eigenvalue weighted by Gasteiger charge is -2.42. The van der Waals surface area contributed by atoms with Crippen LogP contribution in [0.3, 0.4) is 0 Å². The molecule has 0 aromatic heterocycles. The zero-order valence-corrected chi connectivity index (χ0v) is 26.0. The number of aliphatic hydroxyl groups excluding tert-OH is 1. The van der Waals surface area contributed by atoms with E-state index in [-0.39, 0.29) is 11.4 Å². The average molecular weight is 556 g/mol. The highest BCUT2D eigenvalue weighted by Gasteiger charge is 2.40. The Hall–Kier alpha value is -3.16. The van der Waals surface area contributed by atoms with E-state index in [2.05, 4.69) is 63.0 Å². The number of benzene rings is 2. The van der Waals surface area contributed by atoms with E-state index in [4.69, 9.17) is 14.9 Å². The van der Waals surface area contributed by atoms with Crippen LogP contribution in [-0.4, -0.2) is 50.5 Å². The van der Waals surface area contributed by atoms with Crippen molar-refractivity contribution in [3.8, 4) is 0 Å². The first-order valence-corrected chi connectivity index (χ1v) is 13.9. The Morgan fingerprint density at radius 1 is 1.02 bits per heavy atom. The van der Waals surface area contributed by atoms with Gasteiger partial charge >= 0.3 is 0 Å². The molecule has 0 atom stereocenters. The number of amides is 1. The Bertz CT molecular complexity index is 959. The number of nitrogens with zero attached hydrogens (tertiary/aromatic N) is 1. The summed E-state index contributed by atoms with van der Waals surface area (Å²) in [6, 6.07) is 18.6. The van der Waals surface area contributed by atoms with Gasteiger partial charge in [0.15, 0.2) is 0 Å². The molecule has 2 aromatic carbocycles. The first kappa shape index (κ1) is 39.0. The van der Waals surface area contributed by atoms with Gasteiger partial charge in [-0.3, -0.25) is 9.79 Å². The summed E-state index contributed by atoms with van der Waals surface area (Å²) in [4.78, 5) is 35.5. The van der Waals surface area contributed by atoms with Crippen LogP contribution in [0, 0.1) is 18.3 Å². The van der Waals surface area contributed by atoms with Crippen LogP contribution < -0.4 is 11.1 Å². The quantitative estimate of drug-likeness (QED) is 0.314. The predicted molar refractivity (Wildman–Crippen MR) is 168 cm³/mol. The molecule has 0 spiro atoms. The predicted octanol–water partition coefficient (Wildman–Crippen LogP) is 5.65. The fraction of sp³-hybridized carbons (Fsp3) is 0.515. The summed E-state index contributed by atoms with van der Waals surface area (Å²) < 4.78 is 0. The highest BCUT2D eigenvalue weighted by atomic mass is 16.2. The summed E-state index contributed by atoms with van der Waals surface area (Å²) in [5.41, 5.74) is 8.34. The number of rotatable bonds is 6. The second kappa shape index (κ2) is 21.6. The van der Waals surface area contributed by atoms with Crippen molar-refractivity contribution < 1.29 is 19.5 Å². The molecule has 4 N–H and O–H groups in total. The molecule has 0 heterocycles. The normalized spacial score (nSPS) is 17.9. The van der Waals surface area contributed by atoms with Crippen molar-refractivity contribution in [1.29, 1.82) is 0 Å². The number of nitrogens with two attached hydrogens (primary N) is 1. The lowest BCUT2D eigenvalue weighted by molar-refractivity contribution is -0.114. The van der Waals surface area contributed by atoms with Crippen molar-refractivity contribution in [3.63, 3.8) is 0 Å². The minimum Gasteiger partial charge on any atom is -0.400 e. The zero-order chi connectivity index (χ0) is 31.2. The van der Waals surface area contributed by atoms with Gasteiger partial charge in [-0.25, -0.2) is 0 Å². The maximum Gasteiger partial charge on any atom is 0.270 e. The van der Waals surface area contributed by atoms with Crippen LogP contribution in [0.2, 0.25) is 0 Å². The molecule has 1 aliphatic rings. The molecule has 0 radical (unpaired) electrons. The second-order valence-electron chi connectivity index (χ2n) is 10.3. The van der Waals surface area contributed by atoms with Crippen LogP contribution >= 0.6 is 0 Å². The van der Waals surface area contributed by atoms with E-state index in [1.54, 1.807) is 0 Å². The van der Waals surface area contributed by atoms with Crippen molar-refractivity contribution in [2.45, 2.75) is 79.2 Å². The summed E-state index contributed by atoms with van der Waals surface area (Å²) in [5, 5.41) is 9.97. The van der Waals surface area contributed by atoms with Gasteiger partial charge in [-0.2, -0.15) is 0 Å². The molecule has 7 heteroatoms. The number of carbonyl (C=O) groups excluding carboxylic acids is 3. The van der Waals surface area contributed by atoms with Gasteiger partial charge in [0.25, 0.3) is 5.91 Å². The van der Waals surface area contributed by atoms with E-state index in [0.717, 1.165) is 44.6 Å². The summed E-state index contributed by atoms with van der Waals surface area (Å²) in [5.74, 6) is 0.587. The number of aldehydes is 1. The summed E-state index contributed by atoms with van der Waals surface area (Å²) in [6.45, 7) is 15.5. The molecular formula is C33H53N3O4. The molecule has 2 aromatic rings. The van der Waals surface area contributed by atoms with Crippen LogP contribution in [0.15, 0.2) is 59.6 Å². The van der Waals surface area contributed by atoms with Gasteiger partial charge < -0.3 is 25.7 Å². The number of likely N-dealkylation sites (N-methyl/N-ethyl adjacent to an activating group) is 1. The SMILES string of the molecule is C=O.CCC=O.CCNC(=O)C(=NC1(c2ccc(C)cc2)CCC(C(C)(C)C)CC1)c1ccccc1.CN.CO. The standard InChI is InChI=1S/C27H36N2O.C3H6O.CH5N.CH4O.CH2O/c1-6-28-25(30)24(21-10-8-7-9-11-21)29-27(23-14-12-20(2)13-15-23)18-16-22(17-19-27)26(3,4)5;1-2-3-4;3*1-2/h7-15,22H,6,16-19H2,1-5H3,(H,28,30);3H,2H2,1H3;2H2,1H3;2H,1H3;1H2. The molecule has 1 fully saturated rings. The average Bonchev–Trinajstić information content (AvgIpc) is 3.00. The molecular weight excluding hydrogens is 502 g/mol. The Morgan fingerprint density at radius 3 is 1.90 bits per heavy atom. The molecule has 1 amide bonds. The molecule has 1 aliphatic carbocycles. The number of hydrogen-bond acceptors (Lipinski definition) is 6. The van der Waals surface area contributed by atoms with Gasteiger partial charge in [0, 0.05) is 25.6 Å². The van der Waals surface area contributed by atoms with Crippen molar-refractivity contribution in [3.05, 3.63) is 71.3 Å². The Balaban J connectivity index is 0. The highest BCUT2D eigenvalue weighted by Crippen LogP contribution is 2.48. The van der Waals surface area contributed by atoms with Crippen molar-refractivity contribution in [2.75, 3.05) is 20.7 Å². The van der Waals surface area contributed by atoms with Gasteiger partial charge in [-0.15, -0.1) is 0 Å². The van der Waals surface area contributed by atoms with Crippen molar-refractivity contribution in [1.82, 2.24) is 5.32 Å². The van der Waals surface area contributed by atoms with Gasteiger partial charge in [-0.1, -0.05) is 87.9 Å². The number of nitrogens with one attached hydrogen (secondary N) is 1. The van der Waals surface area contributed by atoms with Crippen LogP contribution in [0.1, 0.15) is 83.4 Å². The lowest BCUT2D eigenvalue weighted by atomic mass is 9.65. The summed E-state index contributed by atoms with van der Waals surface area (Å²) in [7, 11) is 2.50. The molecule has 0 bridgehead atoms. The minimum absolute atomic E-state index is 0.0897. The van der Waals surface area contributed by atoms with E-state index < -0.39 is 0 Å². The first-order valence-electron chi connectivity index (χ1n) is 13.9. The topological polar surface area (TPSA) is 122 Å². The van der Waals surface area contributed by atoms with Crippen molar-refractivity contribution in [2.24, 2.45) is 22.1 Å². The third-order valence-electron chi connectivity index (χ3n) is 6.72. The van der Waals surface area contributed by atoms with Crippen LogP contribution in [0.4, 0.5) is 0 Å².